The largest absolute Gasteiger partial charge is 0.491 e. The van der Waals surface area contributed by atoms with E-state index in [2.05, 4.69) is 4.99 Å². The highest BCUT2D eigenvalue weighted by Gasteiger charge is 2.31. The molecule has 0 spiro atoms. The van der Waals surface area contributed by atoms with E-state index in [0.29, 0.717) is 5.76 Å². The Bertz CT molecular complexity index is 636. The van der Waals surface area contributed by atoms with Gasteiger partial charge in [-0.3, -0.25) is 4.79 Å². The van der Waals surface area contributed by atoms with Crippen LogP contribution in [-0.2, 0) is 9.53 Å². The molecule has 1 amide bonds. The Morgan fingerprint density at radius 2 is 1.95 bits per heavy atom. The third-order valence-electron chi connectivity index (χ3n) is 3.27. The summed E-state index contributed by atoms with van der Waals surface area (Å²) in [7, 11) is 1.51. The molecule has 0 saturated heterocycles. The Morgan fingerprint density at radius 3 is 2.68 bits per heavy atom. The number of hydrogen-bond donors (Lipinski definition) is 0. The van der Waals surface area contributed by atoms with Gasteiger partial charge in [0, 0.05) is 11.5 Å². The molecule has 3 nitrogen and oxygen atoms in total. The molecular formula is C16H13NO2. The van der Waals surface area contributed by atoms with Crippen LogP contribution in [0.5, 0.6) is 0 Å². The molecule has 0 bridgehead atoms. The number of carbonyl (C=O) groups excluding carboxylic acids is 1. The second-order valence-electron chi connectivity index (χ2n) is 4.38. The fraction of sp³-hybridized carbons (Fsp3) is 0.125. The van der Waals surface area contributed by atoms with E-state index in [1.54, 1.807) is 0 Å². The minimum Gasteiger partial charge on any atom is -0.491 e. The van der Waals surface area contributed by atoms with E-state index in [1.807, 2.05) is 54.6 Å². The van der Waals surface area contributed by atoms with Crippen molar-refractivity contribution in [1.82, 2.24) is 0 Å². The number of allylic oxidation sites excluding steroid dienone is 5. The SMILES string of the molecule is COC1=C(c2ccccc2)C2C=CC=CC2=NC1=O. The van der Waals surface area contributed by atoms with Crippen molar-refractivity contribution in [3.05, 3.63) is 66.0 Å². The van der Waals surface area contributed by atoms with Gasteiger partial charge in [0.25, 0.3) is 0 Å². The number of amides is 1. The van der Waals surface area contributed by atoms with Gasteiger partial charge in [-0.15, -0.1) is 0 Å². The molecule has 1 heterocycles. The van der Waals surface area contributed by atoms with E-state index in [1.165, 1.54) is 7.11 Å². The molecule has 3 heteroatoms. The van der Waals surface area contributed by atoms with Crippen LogP contribution >= 0.6 is 0 Å². The number of rotatable bonds is 2. The molecule has 2 aliphatic rings. The van der Waals surface area contributed by atoms with Crippen LogP contribution in [0.2, 0.25) is 0 Å². The van der Waals surface area contributed by atoms with Crippen LogP contribution in [-0.4, -0.2) is 18.7 Å². The highest BCUT2D eigenvalue weighted by molar-refractivity contribution is 6.20. The first-order chi connectivity index (χ1) is 9.31. The van der Waals surface area contributed by atoms with Crippen LogP contribution < -0.4 is 0 Å². The van der Waals surface area contributed by atoms with E-state index < -0.39 is 0 Å². The van der Waals surface area contributed by atoms with Crippen molar-refractivity contribution in [3.63, 3.8) is 0 Å². The van der Waals surface area contributed by atoms with Gasteiger partial charge in [-0.05, 0) is 11.6 Å². The fourth-order valence-corrected chi connectivity index (χ4v) is 2.43. The zero-order chi connectivity index (χ0) is 13.2. The third kappa shape index (κ3) is 1.93. The minimum atomic E-state index is -0.312. The van der Waals surface area contributed by atoms with Crippen LogP contribution in [0.1, 0.15) is 5.56 Å². The molecule has 0 radical (unpaired) electrons. The summed E-state index contributed by atoms with van der Waals surface area (Å²) in [4.78, 5) is 16.1. The number of benzene rings is 1. The van der Waals surface area contributed by atoms with Gasteiger partial charge in [0.05, 0.1) is 12.8 Å². The summed E-state index contributed by atoms with van der Waals surface area (Å²) < 4.78 is 5.28. The third-order valence-corrected chi connectivity index (χ3v) is 3.27. The van der Waals surface area contributed by atoms with Gasteiger partial charge in [-0.25, -0.2) is 4.99 Å². The molecule has 1 aliphatic heterocycles. The van der Waals surface area contributed by atoms with Gasteiger partial charge in [0.15, 0.2) is 5.76 Å². The number of ether oxygens (including phenoxy) is 1. The van der Waals surface area contributed by atoms with Crippen molar-refractivity contribution in [2.24, 2.45) is 10.9 Å². The first-order valence-corrected chi connectivity index (χ1v) is 6.12. The lowest BCUT2D eigenvalue weighted by atomic mass is 9.83. The lowest BCUT2D eigenvalue weighted by Gasteiger charge is -2.25. The molecule has 0 aromatic heterocycles. The number of dihydropyridines is 1. The van der Waals surface area contributed by atoms with E-state index in [-0.39, 0.29) is 11.8 Å². The van der Waals surface area contributed by atoms with Gasteiger partial charge in [-0.2, -0.15) is 0 Å². The molecule has 19 heavy (non-hydrogen) atoms. The standard InChI is InChI=1S/C16H13NO2/c1-19-15-14(11-7-3-2-4-8-11)12-9-5-6-10-13(12)17-16(15)18/h2-10,12H,1H3. The highest BCUT2D eigenvalue weighted by atomic mass is 16.5. The van der Waals surface area contributed by atoms with E-state index in [0.717, 1.165) is 16.8 Å². The summed E-state index contributed by atoms with van der Waals surface area (Å²) in [5, 5.41) is 0. The van der Waals surface area contributed by atoms with E-state index in [9.17, 15) is 4.79 Å². The molecule has 1 unspecified atom stereocenters. The molecule has 0 fully saturated rings. The summed E-state index contributed by atoms with van der Waals surface area (Å²) in [6.45, 7) is 0. The average Bonchev–Trinajstić information content (AvgIpc) is 2.46. The normalized spacial score (nSPS) is 21.2. The van der Waals surface area contributed by atoms with Crippen molar-refractivity contribution in [2.45, 2.75) is 0 Å². The monoisotopic (exact) mass is 251 g/mol. The zero-order valence-electron chi connectivity index (χ0n) is 10.5. The highest BCUT2D eigenvalue weighted by Crippen LogP contribution is 2.35. The number of hydrogen-bond acceptors (Lipinski definition) is 2. The maximum atomic E-state index is 12.0. The minimum absolute atomic E-state index is 0.0138. The summed E-state index contributed by atoms with van der Waals surface area (Å²) in [5.74, 6) is 0.00695. The molecule has 1 aromatic carbocycles. The molecule has 94 valence electrons. The van der Waals surface area contributed by atoms with Gasteiger partial charge in [0.1, 0.15) is 0 Å². The summed E-state index contributed by atoms with van der Waals surface area (Å²) in [6, 6.07) is 9.82. The Balaban J connectivity index is 2.19. The lowest BCUT2D eigenvalue weighted by Crippen LogP contribution is -2.24. The van der Waals surface area contributed by atoms with Crippen LogP contribution in [0.15, 0.2) is 65.4 Å². The van der Waals surface area contributed by atoms with Crippen molar-refractivity contribution in [2.75, 3.05) is 7.11 Å². The Morgan fingerprint density at radius 1 is 1.16 bits per heavy atom. The van der Waals surface area contributed by atoms with E-state index >= 15 is 0 Å². The molecular weight excluding hydrogens is 238 g/mol. The maximum absolute atomic E-state index is 12.0. The summed E-state index contributed by atoms with van der Waals surface area (Å²) in [6.07, 6.45) is 7.77. The average molecular weight is 251 g/mol. The van der Waals surface area contributed by atoms with Gasteiger partial charge in [0.2, 0.25) is 0 Å². The Labute approximate surface area is 111 Å². The zero-order valence-corrected chi connectivity index (χ0v) is 10.5. The molecule has 1 atom stereocenters. The predicted molar refractivity (Wildman–Crippen MR) is 74.6 cm³/mol. The van der Waals surface area contributed by atoms with Crippen LogP contribution in [0.4, 0.5) is 0 Å². The smallest absolute Gasteiger partial charge is 0.312 e. The van der Waals surface area contributed by atoms with Gasteiger partial charge < -0.3 is 4.74 Å². The van der Waals surface area contributed by atoms with Crippen molar-refractivity contribution in [1.29, 1.82) is 0 Å². The first-order valence-electron chi connectivity index (χ1n) is 6.12. The second kappa shape index (κ2) is 4.69. The van der Waals surface area contributed by atoms with Crippen LogP contribution in [0, 0.1) is 5.92 Å². The number of fused-ring (bicyclic) bond motifs is 1. The fourth-order valence-electron chi connectivity index (χ4n) is 2.43. The molecule has 0 N–H and O–H groups in total. The molecule has 1 aliphatic carbocycles. The number of aliphatic imine (C=N–C) groups is 1. The quantitative estimate of drug-likeness (QED) is 0.810. The molecule has 3 rings (SSSR count). The van der Waals surface area contributed by atoms with Crippen molar-refractivity contribution < 1.29 is 9.53 Å². The van der Waals surface area contributed by atoms with Gasteiger partial charge >= 0.3 is 5.91 Å². The van der Waals surface area contributed by atoms with Crippen molar-refractivity contribution >= 4 is 17.2 Å². The topological polar surface area (TPSA) is 38.7 Å². The summed E-state index contributed by atoms with van der Waals surface area (Å²) >= 11 is 0. The Kier molecular flexibility index (Phi) is 2.88. The van der Waals surface area contributed by atoms with E-state index in [4.69, 9.17) is 4.74 Å². The van der Waals surface area contributed by atoms with Crippen LogP contribution in [0.3, 0.4) is 0 Å². The first kappa shape index (κ1) is 11.7. The number of nitrogens with zero attached hydrogens (tertiary/aromatic N) is 1. The second-order valence-corrected chi connectivity index (χ2v) is 4.38. The van der Waals surface area contributed by atoms with Gasteiger partial charge in [-0.1, -0.05) is 48.6 Å². The molecule has 0 saturated carbocycles. The van der Waals surface area contributed by atoms with Crippen LogP contribution in [0.25, 0.3) is 5.57 Å². The number of carbonyl (C=O) groups is 1. The lowest BCUT2D eigenvalue weighted by molar-refractivity contribution is -0.117. The molecule has 1 aromatic rings. The maximum Gasteiger partial charge on any atom is 0.312 e. The predicted octanol–water partition coefficient (Wildman–Crippen LogP) is 2.77. The number of methoxy groups -OCH3 is 1. The van der Waals surface area contributed by atoms with Crippen molar-refractivity contribution in [3.8, 4) is 0 Å². The Hall–Kier alpha value is -2.42. The summed E-state index contributed by atoms with van der Waals surface area (Å²) in [5.41, 5.74) is 2.65.